The van der Waals surface area contributed by atoms with Crippen LogP contribution in [0.3, 0.4) is 0 Å². The highest BCUT2D eigenvalue weighted by molar-refractivity contribution is 6.45. The Balaban J connectivity index is 1.73. The highest BCUT2D eigenvalue weighted by atomic mass is 16.7. The molecule has 3 saturated heterocycles. The molecule has 12 heteroatoms. The van der Waals surface area contributed by atoms with E-state index in [2.05, 4.69) is 10.6 Å². The zero-order valence-corrected chi connectivity index (χ0v) is 23.6. The Kier molecular flexibility index (Phi) is 8.30. The SMILES string of the molecule is COC(=O)[C@]12CN(C(=O)[C@H](CO)NC(=O)OC(C)(C)C)C[C@@]1(CCCB1OC(C)(C)C(C)(C)O1)CCN2. The van der Waals surface area contributed by atoms with Gasteiger partial charge in [0.1, 0.15) is 17.2 Å². The number of nitrogens with one attached hydrogen (secondary N) is 2. The molecule has 0 unspecified atom stereocenters. The van der Waals surface area contributed by atoms with Crippen molar-refractivity contribution in [1.29, 1.82) is 0 Å². The number of amides is 2. The fraction of sp³-hybridized carbons (Fsp3) is 0.880. The smallest absolute Gasteiger partial charge is 0.457 e. The molecule has 3 N–H and O–H groups in total. The van der Waals surface area contributed by atoms with Gasteiger partial charge in [-0.05, 0) is 74.2 Å². The zero-order valence-electron chi connectivity index (χ0n) is 23.6. The number of rotatable bonds is 8. The summed E-state index contributed by atoms with van der Waals surface area (Å²) in [4.78, 5) is 40.3. The predicted octanol–water partition coefficient (Wildman–Crippen LogP) is 1.48. The maximum atomic E-state index is 13.4. The van der Waals surface area contributed by atoms with Crippen LogP contribution in [0.1, 0.15) is 67.7 Å². The maximum absolute atomic E-state index is 13.4. The topological polar surface area (TPSA) is 136 Å². The number of ether oxygens (including phenoxy) is 2. The molecule has 0 radical (unpaired) electrons. The van der Waals surface area contributed by atoms with Crippen LogP contribution in [-0.4, -0.2) is 96.8 Å². The number of nitrogens with zero attached hydrogens (tertiary/aromatic N) is 1. The predicted molar refractivity (Wildman–Crippen MR) is 137 cm³/mol. The quantitative estimate of drug-likeness (QED) is 0.318. The summed E-state index contributed by atoms with van der Waals surface area (Å²) in [6.45, 7) is 13.6. The second-order valence-corrected chi connectivity index (χ2v) is 12.5. The van der Waals surface area contributed by atoms with Crippen LogP contribution in [0.15, 0.2) is 0 Å². The van der Waals surface area contributed by atoms with Gasteiger partial charge in [-0.1, -0.05) is 6.42 Å². The third kappa shape index (κ3) is 5.77. The number of methoxy groups -OCH3 is 1. The molecule has 3 fully saturated rings. The number of hydrogen-bond acceptors (Lipinski definition) is 9. The van der Waals surface area contributed by atoms with Crippen LogP contribution in [0.5, 0.6) is 0 Å². The van der Waals surface area contributed by atoms with E-state index < -0.39 is 58.4 Å². The van der Waals surface area contributed by atoms with E-state index in [0.29, 0.717) is 32.3 Å². The summed E-state index contributed by atoms with van der Waals surface area (Å²) in [6, 6.07) is -1.19. The Morgan fingerprint density at radius 1 is 1.14 bits per heavy atom. The Hall–Kier alpha value is -1.89. The summed E-state index contributed by atoms with van der Waals surface area (Å²) in [7, 11) is 0.997. The molecule has 0 aliphatic carbocycles. The van der Waals surface area contributed by atoms with Gasteiger partial charge in [0, 0.05) is 12.0 Å². The number of likely N-dealkylation sites (tertiary alicyclic amines) is 1. The molecule has 0 aromatic heterocycles. The molecule has 0 aromatic rings. The van der Waals surface area contributed by atoms with Gasteiger partial charge in [0.2, 0.25) is 5.91 Å². The minimum absolute atomic E-state index is 0.0848. The molecular weight excluding hydrogens is 481 g/mol. The largest absolute Gasteiger partial charge is 0.468 e. The average Bonchev–Trinajstić information content (AvgIpc) is 3.34. The lowest BCUT2D eigenvalue weighted by Crippen LogP contribution is -2.59. The molecule has 3 aliphatic rings. The standard InChI is InChI=1S/C25H44BN3O8/c1-21(2,3)35-20(33)28-17(14-30)18(31)29-15-24(11-13-27-25(24,16-29)19(32)34-8)10-9-12-26-36-22(4,5)23(6,7)37-26/h17,27,30H,9-16H2,1-8H3,(H,28,33)/t17-,24+,25+/m0/s1. The Labute approximate surface area is 220 Å². The van der Waals surface area contributed by atoms with Gasteiger partial charge in [-0.3, -0.25) is 10.1 Å². The number of alkyl carbamates (subject to hydrolysis) is 1. The van der Waals surface area contributed by atoms with E-state index in [0.717, 1.165) is 6.42 Å². The first kappa shape index (κ1) is 29.7. The van der Waals surface area contributed by atoms with Gasteiger partial charge in [-0.2, -0.15) is 0 Å². The summed E-state index contributed by atoms with van der Waals surface area (Å²) in [6.07, 6.45) is 1.90. The minimum Gasteiger partial charge on any atom is -0.468 e. The molecule has 0 saturated carbocycles. The number of aliphatic hydroxyl groups is 1. The van der Waals surface area contributed by atoms with Crippen LogP contribution in [0, 0.1) is 5.41 Å². The van der Waals surface area contributed by atoms with Crippen LogP contribution >= 0.6 is 0 Å². The first-order valence-corrected chi connectivity index (χ1v) is 13.1. The van der Waals surface area contributed by atoms with Crippen LogP contribution in [0.4, 0.5) is 4.79 Å². The summed E-state index contributed by atoms with van der Waals surface area (Å²) in [5.74, 6) is -0.894. The molecule has 0 aromatic carbocycles. The van der Waals surface area contributed by atoms with Crippen molar-refractivity contribution in [3.8, 4) is 0 Å². The average molecular weight is 525 g/mol. The van der Waals surface area contributed by atoms with E-state index in [1.807, 2.05) is 27.7 Å². The third-order valence-corrected chi connectivity index (χ3v) is 8.27. The second kappa shape index (κ2) is 10.4. The van der Waals surface area contributed by atoms with Crippen molar-refractivity contribution in [2.24, 2.45) is 5.41 Å². The summed E-state index contributed by atoms with van der Waals surface area (Å²) < 4.78 is 22.7. The Morgan fingerprint density at radius 3 is 2.30 bits per heavy atom. The number of carbonyl (C=O) groups is 3. The van der Waals surface area contributed by atoms with Crippen LogP contribution < -0.4 is 10.6 Å². The van der Waals surface area contributed by atoms with Gasteiger partial charge >= 0.3 is 19.2 Å². The van der Waals surface area contributed by atoms with E-state index >= 15 is 0 Å². The van der Waals surface area contributed by atoms with Gasteiger partial charge in [-0.15, -0.1) is 0 Å². The monoisotopic (exact) mass is 525 g/mol. The molecule has 11 nitrogen and oxygen atoms in total. The highest BCUT2D eigenvalue weighted by Crippen LogP contribution is 2.51. The number of esters is 1. The first-order chi connectivity index (χ1) is 17.0. The van der Waals surface area contributed by atoms with Crippen LogP contribution in [0.2, 0.25) is 6.32 Å². The fourth-order valence-electron chi connectivity index (χ4n) is 5.71. The van der Waals surface area contributed by atoms with Gasteiger partial charge in [-0.25, -0.2) is 9.59 Å². The lowest BCUT2D eigenvalue weighted by molar-refractivity contribution is -0.151. The second-order valence-electron chi connectivity index (χ2n) is 12.5. The van der Waals surface area contributed by atoms with E-state index in [-0.39, 0.29) is 13.7 Å². The van der Waals surface area contributed by atoms with E-state index in [1.54, 1.807) is 20.8 Å². The van der Waals surface area contributed by atoms with Crippen molar-refractivity contribution >= 4 is 25.1 Å². The number of hydrogen-bond donors (Lipinski definition) is 3. The molecule has 37 heavy (non-hydrogen) atoms. The van der Waals surface area contributed by atoms with Crippen molar-refractivity contribution in [3.05, 3.63) is 0 Å². The summed E-state index contributed by atoms with van der Waals surface area (Å²) in [5.41, 5.74) is -3.22. The summed E-state index contributed by atoms with van der Waals surface area (Å²) in [5, 5.41) is 15.7. The van der Waals surface area contributed by atoms with Crippen LogP contribution in [0.25, 0.3) is 0 Å². The van der Waals surface area contributed by atoms with E-state index in [9.17, 15) is 19.5 Å². The number of fused-ring (bicyclic) bond motifs is 1. The third-order valence-electron chi connectivity index (χ3n) is 8.27. The normalized spacial score (nSPS) is 29.1. The summed E-state index contributed by atoms with van der Waals surface area (Å²) >= 11 is 0. The number of carbonyl (C=O) groups excluding carboxylic acids is 3. The zero-order chi connectivity index (χ0) is 27.9. The lowest BCUT2D eigenvalue weighted by Gasteiger charge is -2.36. The molecule has 3 atom stereocenters. The van der Waals surface area contributed by atoms with Gasteiger partial charge < -0.3 is 34.1 Å². The number of aliphatic hydroxyl groups excluding tert-OH is 1. The highest BCUT2D eigenvalue weighted by Gasteiger charge is 2.66. The molecule has 0 spiro atoms. The van der Waals surface area contributed by atoms with Gasteiger partial charge in [0.05, 0.1) is 31.5 Å². The molecule has 0 bridgehead atoms. The van der Waals surface area contributed by atoms with E-state index in [4.69, 9.17) is 18.8 Å². The van der Waals surface area contributed by atoms with Crippen LogP contribution in [-0.2, 0) is 28.4 Å². The Bertz CT molecular complexity index is 876. The van der Waals surface area contributed by atoms with Gasteiger partial charge in [0.15, 0.2) is 0 Å². The molecular formula is C25H44BN3O8. The minimum atomic E-state index is -1.19. The molecule has 3 aliphatic heterocycles. The van der Waals surface area contributed by atoms with Crippen molar-refractivity contribution < 1.29 is 38.3 Å². The van der Waals surface area contributed by atoms with Crippen molar-refractivity contribution in [3.63, 3.8) is 0 Å². The van der Waals surface area contributed by atoms with Crippen molar-refractivity contribution in [2.45, 2.75) is 102 Å². The molecule has 2 amide bonds. The maximum Gasteiger partial charge on any atom is 0.457 e. The van der Waals surface area contributed by atoms with Crippen molar-refractivity contribution in [1.82, 2.24) is 15.5 Å². The fourth-order valence-corrected chi connectivity index (χ4v) is 5.71. The first-order valence-electron chi connectivity index (χ1n) is 13.1. The lowest BCUT2D eigenvalue weighted by atomic mass is 9.67. The Morgan fingerprint density at radius 2 is 1.76 bits per heavy atom. The molecule has 3 heterocycles. The van der Waals surface area contributed by atoms with Crippen molar-refractivity contribution in [2.75, 3.05) is 33.4 Å². The van der Waals surface area contributed by atoms with E-state index in [1.165, 1.54) is 12.0 Å². The molecule has 3 rings (SSSR count). The molecule has 210 valence electrons. The van der Waals surface area contributed by atoms with Gasteiger partial charge in [0.25, 0.3) is 0 Å².